The van der Waals surface area contributed by atoms with Gasteiger partial charge in [0.2, 0.25) is 35.4 Å². The second-order valence-corrected chi connectivity index (χ2v) is 19.1. The van der Waals surface area contributed by atoms with Gasteiger partial charge in [-0.3, -0.25) is 53.3 Å². The van der Waals surface area contributed by atoms with Crippen molar-refractivity contribution in [3.63, 3.8) is 0 Å². The summed E-state index contributed by atoms with van der Waals surface area (Å²) in [6.45, 7) is -0.102. The lowest BCUT2D eigenvalue weighted by Gasteiger charge is -2.33. The second-order valence-electron chi connectivity index (χ2n) is 19.1. The number of hydrogen-bond acceptors (Lipinski definition) is 15. The molecular formula is C53H69N13O10. The maximum absolute atomic E-state index is 14.1. The fourth-order valence-electron chi connectivity index (χ4n) is 9.40. The molecule has 2 aromatic heterocycles. The van der Waals surface area contributed by atoms with Crippen LogP contribution in [0.3, 0.4) is 0 Å². The highest BCUT2D eigenvalue weighted by Gasteiger charge is 2.37. The molecule has 0 radical (unpaired) electrons. The lowest BCUT2D eigenvalue weighted by Crippen LogP contribution is -2.58. The van der Waals surface area contributed by atoms with Crippen LogP contribution in [0.1, 0.15) is 120 Å². The van der Waals surface area contributed by atoms with E-state index in [1.807, 2.05) is 24.3 Å². The van der Waals surface area contributed by atoms with Crippen molar-refractivity contribution in [2.45, 2.75) is 133 Å². The number of unbranched alkanes of at least 4 members (excludes halogenated alkanes) is 1. The Hall–Kier alpha value is -8.11. The maximum atomic E-state index is 14.1. The number of guanidine groups is 1. The third kappa shape index (κ3) is 18.1. The summed E-state index contributed by atoms with van der Waals surface area (Å²) >= 11 is 0. The first-order valence-electron chi connectivity index (χ1n) is 26.0. The Morgan fingerprint density at radius 3 is 2.01 bits per heavy atom. The largest absolute Gasteiger partial charge is 0.508 e. The molecule has 23 nitrogen and oxygen atoms in total. The minimum atomic E-state index is -1.37. The van der Waals surface area contributed by atoms with Crippen molar-refractivity contribution in [2.75, 3.05) is 25.0 Å². The molecule has 4 heterocycles. The van der Waals surface area contributed by atoms with E-state index in [0.717, 1.165) is 42.8 Å². The van der Waals surface area contributed by atoms with Crippen LogP contribution in [-0.4, -0.2) is 124 Å². The number of fused-ring (bicyclic) bond motifs is 1. The molecule has 1 saturated carbocycles. The molecule has 6 rings (SSSR count). The van der Waals surface area contributed by atoms with Crippen molar-refractivity contribution in [3.05, 3.63) is 83.9 Å². The zero-order valence-electron chi connectivity index (χ0n) is 42.5. The Kier molecular flexibility index (Phi) is 22.3. The predicted octanol–water partition coefficient (Wildman–Crippen LogP) is 2.14. The lowest BCUT2D eigenvalue weighted by atomic mass is 9.74. The van der Waals surface area contributed by atoms with Crippen molar-refractivity contribution >= 4 is 70.8 Å². The summed E-state index contributed by atoms with van der Waals surface area (Å²) in [7, 11) is 0. The van der Waals surface area contributed by atoms with Crippen LogP contribution in [0.5, 0.6) is 5.75 Å². The van der Waals surface area contributed by atoms with E-state index in [-0.39, 0.29) is 113 Å². The molecule has 1 saturated heterocycles. The summed E-state index contributed by atoms with van der Waals surface area (Å²) in [5.41, 5.74) is 15.3. The highest BCUT2D eigenvalue weighted by molar-refractivity contribution is 6.10. The molecular weight excluding hydrogens is 979 g/mol. The quantitative estimate of drug-likeness (QED) is 0.0320. The van der Waals surface area contributed by atoms with Crippen LogP contribution in [-0.2, 0) is 49.5 Å². The molecule has 0 bridgehead atoms. The van der Waals surface area contributed by atoms with E-state index in [0.29, 0.717) is 29.8 Å². The van der Waals surface area contributed by atoms with Gasteiger partial charge < -0.3 is 53.2 Å². The number of nitrogens with two attached hydrogens (primary N) is 2. The summed E-state index contributed by atoms with van der Waals surface area (Å²) in [6, 6.07) is 10.2. The average Bonchev–Trinajstić information content (AvgIpc) is 3.40. The fourth-order valence-corrected chi connectivity index (χ4v) is 9.40. The third-order valence-electron chi connectivity index (χ3n) is 13.4. The van der Waals surface area contributed by atoms with Gasteiger partial charge in [0.25, 0.3) is 6.47 Å². The van der Waals surface area contributed by atoms with E-state index < -0.39 is 60.2 Å². The molecule has 3 aromatic rings. The van der Waals surface area contributed by atoms with Gasteiger partial charge in [0.15, 0.2) is 11.7 Å². The first kappa shape index (κ1) is 57.2. The average molecular weight is 1050 g/mol. The number of aromatic hydroxyl groups is 1. The number of ether oxygens (including phenoxy) is 1. The number of benzene rings is 1. The lowest BCUT2D eigenvalue weighted by molar-refractivity contribution is -0.136. The van der Waals surface area contributed by atoms with Crippen molar-refractivity contribution in [1.82, 2.24) is 36.6 Å². The molecule has 23 heteroatoms. The van der Waals surface area contributed by atoms with Crippen molar-refractivity contribution < 1.29 is 48.2 Å². The highest BCUT2D eigenvalue weighted by atomic mass is 16.5. The summed E-state index contributed by atoms with van der Waals surface area (Å²) in [4.78, 5) is 118. The number of phenols is 1. The smallest absolute Gasteiger partial charge is 0.293 e. The van der Waals surface area contributed by atoms with Crippen LogP contribution in [0, 0.1) is 11.8 Å². The van der Waals surface area contributed by atoms with Crippen LogP contribution in [0.4, 0.5) is 5.69 Å². The number of carbonyl (C=O) groups excluding carboxylic acids is 8. The van der Waals surface area contributed by atoms with Gasteiger partial charge in [0, 0.05) is 63.2 Å². The minimum Gasteiger partial charge on any atom is -0.508 e. The molecule has 1 aliphatic carbocycles. The maximum Gasteiger partial charge on any atom is 0.293 e. The number of aliphatic imine (C=N–C) groups is 1. The third-order valence-corrected chi connectivity index (χ3v) is 13.4. The molecule has 2 fully saturated rings. The number of phenolic OH excluding ortho intramolecular Hbond substituents is 1. The summed E-state index contributed by atoms with van der Waals surface area (Å²) in [5.74, 6) is -4.04. The molecule has 2 aliphatic heterocycles. The van der Waals surface area contributed by atoms with Crippen LogP contribution in [0.25, 0.3) is 0 Å². The van der Waals surface area contributed by atoms with E-state index in [1.165, 1.54) is 25.0 Å². The fraction of sp³-hybridized carbons (Fsp3) is 0.491. The van der Waals surface area contributed by atoms with Crippen LogP contribution < -0.4 is 43.4 Å². The number of hydrogen-bond donors (Lipinski definition) is 9. The van der Waals surface area contributed by atoms with Crippen molar-refractivity contribution in [2.24, 2.45) is 38.5 Å². The monoisotopic (exact) mass is 1050 g/mol. The van der Waals surface area contributed by atoms with Crippen LogP contribution in [0.15, 0.2) is 82.2 Å². The zero-order valence-corrected chi connectivity index (χ0v) is 42.5. The number of anilines is 1. The predicted molar refractivity (Wildman–Crippen MR) is 281 cm³/mol. The number of amides is 6. The molecule has 6 amide bonds. The van der Waals surface area contributed by atoms with Gasteiger partial charge in [-0.25, -0.2) is 0 Å². The van der Waals surface area contributed by atoms with Gasteiger partial charge in [-0.1, -0.05) is 43.9 Å². The van der Waals surface area contributed by atoms with E-state index in [1.54, 1.807) is 30.6 Å². The molecule has 76 heavy (non-hydrogen) atoms. The van der Waals surface area contributed by atoms with E-state index in [9.17, 15) is 43.5 Å². The first-order chi connectivity index (χ1) is 36.8. The van der Waals surface area contributed by atoms with E-state index in [2.05, 4.69) is 57.1 Å². The minimum absolute atomic E-state index is 0.0362. The summed E-state index contributed by atoms with van der Waals surface area (Å²) in [5, 5.41) is 35.5. The number of rotatable bonds is 21. The number of ketones is 1. The molecule has 3 aliphatic rings. The zero-order chi connectivity index (χ0) is 54.2. The van der Waals surface area contributed by atoms with E-state index >= 15 is 0 Å². The van der Waals surface area contributed by atoms with Crippen LogP contribution >= 0.6 is 0 Å². The standard InChI is InChI=1S/C53H69N13O10/c54-53(55)58-28-10-15-40-50(73)62-41(51(74)63-42(29-33-18-21-35(68)22-19-33)52(75)64-43(31-76-32-67)44(69)24-25-47(72)61-40)14-6-8-27-57-45(70)16-9-17-46(71)60-34-20-23-39(59-30-34)49-37-12-4-2-1-3-11-36(37)48(65-66-49)38-13-5-7-26-56-38/h5,7,13,18-23,26,30,32,36-37,40-43,68H,1-4,6,8-12,14-17,24-25,27-29,31H2,(H,57,70)(H,60,71)(H,61,72)(H,62,73)(H,63,74)(H,64,75)(H4,54,55,58)/t36-,37-,40-,41-,42+,43-/m1/s1. The highest BCUT2D eigenvalue weighted by Crippen LogP contribution is 2.36. The van der Waals surface area contributed by atoms with Crippen LogP contribution in [0.2, 0.25) is 0 Å². The Bertz CT molecular complexity index is 2570. The molecule has 6 atom stereocenters. The van der Waals surface area contributed by atoms with Gasteiger partial charge in [0.05, 0.1) is 34.7 Å². The van der Waals surface area contributed by atoms with Crippen molar-refractivity contribution in [1.29, 1.82) is 0 Å². The summed E-state index contributed by atoms with van der Waals surface area (Å²) < 4.78 is 4.82. The van der Waals surface area contributed by atoms with Crippen molar-refractivity contribution in [3.8, 4) is 5.75 Å². The number of carbonyl (C=O) groups is 8. The summed E-state index contributed by atoms with van der Waals surface area (Å²) in [6.07, 6.45) is 10.5. The normalized spacial score (nSPS) is 21.6. The molecule has 11 N–H and O–H groups in total. The second kappa shape index (κ2) is 29.7. The number of Topliss-reactive ketones (excluding diaryl/α,β-unsaturated/α-hetero) is 1. The Morgan fingerprint density at radius 1 is 0.711 bits per heavy atom. The van der Waals surface area contributed by atoms with E-state index in [4.69, 9.17) is 16.2 Å². The Balaban J connectivity index is 1.03. The number of nitrogens with zero attached hydrogens (tertiary/aromatic N) is 5. The van der Waals surface area contributed by atoms with Gasteiger partial charge in [-0.05, 0) is 93.3 Å². The number of pyridine rings is 2. The molecule has 1 aromatic carbocycles. The Labute approximate surface area is 440 Å². The SMILES string of the molecule is NC(N)=NCCC[C@H]1NC(=O)CCC(=O)[C@@H](COC=O)NC(=O)[C@H](Cc2ccc(O)cc2)NC(=O)[C@@H](CCCCNC(=O)CCCC(=O)Nc2ccc(C3=NN=C(c4ccccn4)[C@@H]4CCCCCC[C@@H]34)nc2)NC1=O. The molecule has 406 valence electrons. The van der Waals surface area contributed by atoms with Gasteiger partial charge in [-0.2, -0.15) is 10.2 Å². The first-order valence-corrected chi connectivity index (χ1v) is 26.0. The topological polar surface area (TPSA) is 353 Å². The van der Waals surface area contributed by atoms with Gasteiger partial charge in [0.1, 0.15) is 36.5 Å². The van der Waals surface area contributed by atoms with Gasteiger partial charge in [-0.15, -0.1) is 0 Å². The number of nitrogens with one attached hydrogen (secondary N) is 6. The number of aromatic nitrogens is 2. The molecule has 0 unspecified atom stereocenters. The molecule has 0 spiro atoms. The Morgan fingerprint density at radius 2 is 1.36 bits per heavy atom. The van der Waals surface area contributed by atoms with Gasteiger partial charge >= 0.3 is 0 Å².